The van der Waals surface area contributed by atoms with Crippen molar-refractivity contribution in [1.82, 2.24) is 0 Å². The summed E-state index contributed by atoms with van der Waals surface area (Å²) in [5.41, 5.74) is 0. The molecule has 0 aromatic rings. The molecule has 1 rings (SSSR count). The Morgan fingerprint density at radius 3 is 1.50 bits per heavy atom. The summed E-state index contributed by atoms with van der Waals surface area (Å²) < 4.78 is 4.31. The molecule has 1 fully saturated rings. The number of hydrogen-bond acceptors (Lipinski definition) is 3. The van der Waals surface area contributed by atoms with E-state index in [1.54, 1.807) is 13.8 Å². The van der Waals surface area contributed by atoms with E-state index in [4.69, 9.17) is 0 Å². The van der Waals surface area contributed by atoms with Crippen LogP contribution in [0, 0.1) is 11.8 Å². The zero-order valence-corrected chi connectivity index (χ0v) is 7.22. The van der Waals surface area contributed by atoms with Crippen molar-refractivity contribution in [3.63, 3.8) is 0 Å². The standard InChI is InChI=1S/C6H8O3.V/c1-3-4(2)6(8)9-5(3)7;/h3-4H,1-2H3;. The quantitative estimate of drug-likeness (QED) is 0.397. The Balaban J connectivity index is 0.000000810. The van der Waals surface area contributed by atoms with Crippen LogP contribution in [-0.2, 0) is 32.9 Å². The van der Waals surface area contributed by atoms with Crippen LogP contribution in [0.5, 0.6) is 0 Å². The van der Waals surface area contributed by atoms with Gasteiger partial charge in [-0.2, -0.15) is 0 Å². The molecule has 1 saturated heterocycles. The molecule has 0 saturated carbocycles. The maximum atomic E-state index is 10.6. The molecule has 0 N–H and O–H groups in total. The van der Waals surface area contributed by atoms with Gasteiger partial charge in [-0.1, -0.05) is 13.8 Å². The van der Waals surface area contributed by atoms with Gasteiger partial charge in [0.2, 0.25) is 0 Å². The Hall–Kier alpha value is -0.276. The van der Waals surface area contributed by atoms with Gasteiger partial charge in [0.05, 0.1) is 11.8 Å². The first-order valence-corrected chi connectivity index (χ1v) is 2.88. The van der Waals surface area contributed by atoms with Crippen molar-refractivity contribution in [2.45, 2.75) is 13.8 Å². The number of hydrogen-bond donors (Lipinski definition) is 0. The van der Waals surface area contributed by atoms with E-state index in [1.807, 2.05) is 0 Å². The van der Waals surface area contributed by atoms with Gasteiger partial charge in [-0.3, -0.25) is 9.59 Å². The van der Waals surface area contributed by atoms with E-state index in [9.17, 15) is 9.59 Å². The van der Waals surface area contributed by atoms with Crippen LogP contribution < -0.4 is 0 Å². The SMILES string of the molecule is CC1C(=O)OC(=O)C1C.[V]. The van der Waals surface area contributed by atoms with Crippen LogP contribution in [0.15, 0.2) is 0 Å². The van der Waals surface area contributed by atoms with Crippen LogP contribution in [0.3, 0.4) is 0 Å². The molecule has 4 heteroatoms. The second kappa shape index (κ2) is 3.22. The van der Waals surface area contributed by atoms with Gasteiger partial charge in [0.1, 0.15) is 0 Å². The van der Waals surface area contributed by atoms with Gasteiger partial charge >= 0.3 is 11.9 Å². The van der Waals surface area contributed by atoms with E-state index >= 15 is 0 Å². The maximum Gasteiger partial charge on any atom is 0.317 e. The molecule has 2 atom stereocenters. The third-order valence-electron chi connectivity index (χ3n) is 1.69. The van der Waals surface area contributed by atoms with E-state index < -0.39 is 11.9 Å². The summed E-state index contributed by atoms with van der Waals surface area (Å²) in [7, 11) is 0. The minimum atomic E-state index is -0.396. The first kappa shape index (κ1) is 9.72. The number of carbonyl (C=O) groups is 2. The van der Waals surface area contributed by atoms with Gasteiger partial charge in [0.25, 0.3) is 0 Å². The maximum absolute atomic E-state index is 10.6. The number of esters is 2. The zero-order chi connectivity index (χ0) is 7.02. The summed E-state index contributed by atoms with van der Waals surface area (Å²) in [5, 5.41) is 0. The molecule has 1 heterocycles. The van der Waals surface area contributed by atoms with Gasteiger partial charge < -0.3 is 4.74 Å². The fourth-order valence-corrected chi connectivity index (χ4v) is 0.693. The van der Waals surface area contributed by atoms with Gasteiger partial charge in [-0.25, -0.2) is 0 Å². The van der Waals surface area contributed by atoms with Crippen LogP contribution in [0.1, 0.15) is 13.8 Å². The number of rotatable bonds is 0. The minimum absolute atomic E-state index is 0. The Bertz CT molecular complexity index is 148. The molecule has 3 nitrogen and oxygen atoms in total. The van der Waals surface area contributed by atoms with Crippen LogP contribution in [-0.4, -0.2) is 11.9 Å². The van der Waals surface area contributed by atoms with E-state index in [0.29, 0.717) is 0 Å². The summed E-state index contributed by atoms with van der Waals surface area (Å²) in [5.74, 6) is -1.30. The number of ether oxygens (including phenoxy) is 1. The van der Waals surface area contributed by atoms with Crippen molar-refractivity contribution < 1.29 is 32.9 Å². The normalized spacial score (nSPS) is 31.4. The van der Waals surface area contributed by atoms with Crippen molar-refractivity contribution in [1.29, 1.82) is 0 Å². The largest absolute Gasteiger partial charge is 0.393 e. The average molecular weight is 179 g/mol. The Kier molecular flexibility index (Phi) is 3.13. The fourth-order valence-electron chi connectivity index (χ4n) is 0.693. The van der Waals surface area contributed by atoms with Gasteiger partial charge in [0.15, 0.2) is 0 Å². The Labute approximate surface area is 71.0 Å². The van der Waals surface area contributed by atoms with E-state index in [2.05, 4.69) is 4.74 Å². The molecule has 10 heavy (non-hydrogen) atoms. The first-order chi connectivity index (χ1) is 4.13. The predicted molar refractivity (Wildman–Crippen MR) is 29.4 cm³/mol. The molecule has 0 aliphatic carbocycles. The second-order valence-corrected chi connectivity index (χ2v) is 2.32. The van der Waals surface area contributed by atoms with Crippen molar-refractivity contribution in [3.05, 3.63) is 0 Å². The molecule has 0 spiro atoms. The molecule has 0 aromatic carbocycles. The third-order valence-corrected chi connectivity index (χ3v) is 1.69. The Morgan fingerprint density at radius 1 is 1.10 bits per heavy atom. The molecule has 1 radical (unpaired) electrons. The smallest absolute Gasteiger partial charge is 0.317 e. The molecule has 55 valence electrons. The Morgan fingerprint density at radius 2 is 1.40 bits per heavy atom. The molecule has 1 aliphatic rings. The van der Waals surface area contributed by atoms with Crippen molar-refractivity contribution in [3.8, 4) is 0 Å². The van der Waals surface area contributed by atoms with Gasteiger partial charge in [0, 0.05) is 18.6 Å². The topological polar surface area (TPSA) is 43.4 Å². The second-order valence-electron chi connectivity index (χ2n) is 2.32. The van der Waals surface area contributed by atoms with E-state index in [0.717, 1.165) is 0 Å². The monoisotopic (exact) mass is 179 g/mol. The van der Waals surface area contributed by atoms with Crippen LogP contribution in [0.4, 0.5) is 0 Å². The zero-order valence-electron chi connectivity index (χ0n) is 5.83. The van der Waals surface area contributed by atoms with Crippen LogP contribution >= 0.6 is 0 Å². The molecular formula is C6H8O3V. The predicted octanol–water partition coefficient (Wildman–Crippen LogP) is 0.340. The summed E-state index contributed by atoms with van der Waals surface area (Å²) >= 11 is 0. The van der Waals surface area contributed by atoms with E-state index in [-0.39, 0.29) is 30.4 Å². The average Bonchev–Trinajstić information content (AvgIpc) is 1.98. The molecule has 0 bridgehead atoms. The van der Waals surface area contributed by atoms with Gasteiger partial charge in [-0.05, 0) is 0 Å². The number of cyclic esters (lactones) is 2. The molecular weight excluding hydrogens is 171 g/mol. The summed E-state index contributed by atoms with van der Waals surface area (Å²) in [4.78, 5) is 21.1. The van der Waals surface area contributed by atoms with E-state index in [1.165, 1.54) is 0 Å². The number of carbonyl (C=O) groups excluding carboxylic acids is 2. The summed E-state index contributed by atoms with van der Waals surface area (Å²) in [6.45, 7) is 3.38. The first-order valence-electron chi connectivity index (χ1n) is 2.88. The van der Waals surface area contributed by atoms with Crippen molar-refractivity contribution in [2.75, 3.05) is 0 Å². The molecule has 2 unspecified atom stereocenters. The molecule has 1 aliphatic heterocycles. The summed E-state index contributed by atoms with van der Waals surface area (Å²) in [6, 6.07) is 0. The molecule has 0 aromatic heterocycles. The minimum Gasteiger partial charge on any atom is -0.393 e. The van der Waals surface area contributed by atoms with Crippen molar-refractivity contribution >= 4 is 11.9 Å². The third kappa shape index (κ3) is 1.41. The van der Waals surface area contributed by atoms with Crippen LogP contribution in [0.25, 0.3) is 0 Å². The van der Waals surface area contributed by atoms with Gasteiger partial charge in [-0.15, -0.1) is 0 Å². The van der Waals surface area contributed by atoms with Crippen LogP contribution in [0.2, 0.25) is 0 Å². The summed E-state index contributed by atoms with van der Waals surface area (Å²) in [6.07, 6.45) is 0. The van der Waals surface area contributed by atoms with Crippen molar-refractivity contribution in [2.24, 2.45) is 11.8 Å². The fraction of sp³-hybridized carbons (Fsp3) is 0.667. The molecule has 0 amide bonds.